The second kappa shape index (κ2) is 6.45. The van der Waals surface area contributed by atoms with Crippen LogP contribution in [-0.4, -0.2) is 24.5 Å². The van der Waals surface area contributed by atoms with E-state index in [2.05, 4.69) is 18.7 Å². The van der Waals surface area contributed by atoms with Crippen molar-refractivity contribution in [3.8, 4) is 0 Å². The average molecular weight is 261 g/mol. The van der Waals surface area contributed by atoms with Crippen LogP contribution in [0.2, 0.25) is 10.0 Å². The van der Waals surface area contributed by atoms with Gasteiger partial charge in [0.2, 0.25) is 0 Å². The second-order valence-corrected chi connectivity index (χ2v) is 4.46. The van der Waals surface area contributed by atoms with Crippen molar-refractivity contribution < 1.29 is 0 Å². The molecule has 1 aromatic rings. The fourth-order valence-corrected chi connectivity index (χ4v) is 2.19. The number of hydrogen-bond acceptors (Lipinski definition) is 2. The summed E-state index contributed by atoms with van der Waals surface area (Å²) in [4.78, 5) is 2.31. The van der Waals surface area contributed by atoms with Gasteiger partial charge in [0, 0.05) is 12.6 Å². The first-order valence-electron chi connectivity index (χ1n) is 5.53. The lowest BCUT2D eigenvalue weighted by atomic mass is 10.1. The Labute approximate surface area is 107 Å². The van der Waals surface area contributed by atoms with Crippen molar-refractivity contribution in [2.75, 3.05) is 19.6 Å². The van der Waals surface area contributed by atoms with E-state index in [0.29, 0.717) is 16.6 Å². The number of nitrogens with two attached hydrogens (primary N) is 1. The zero-order chi connectivity index (χ0) is 12.1. The molecular weight excluding hydrogens is 243 g/mol. The van der Waals surface area contributed by atoms with Crippen molar-refractivity contribution in [1.82, 2.24) is 4.90 Å². The zero-order valence-corrected chi connectivity index (χ0v) is 11.2. The Morgan fingerprint density at radius 2 is 1.81 bits per heavy atom. The van der Waals surface area contributed by atoms with Gasteiger partial charge in [0.15, 0.2) is 0 Å². The molecule has 4 heteroatoms. The van der Waals surface area contributed by atoms with E-state index in [-0.39, 0.29) is 6.04 Å². The van der Waals surface area contributed by atoms with Gasteiger partial charge >= 0.3 is 0 Å². The first kappa shape index (κ1) is 13.8. The summed E-state index contributed by atoms with van der Waals surface area (Å²) in [5.74, 6) is 0. The Bertz CT molecular complexity index is 338. The summed E-state index contributed by atoms with van der Waals surface area (Å²) >= 11 is 11.9. The Morgan fingerprint density at radius 3 is 2.25 bits per heavy atom. The quantitative estimate of drug-likeness (QED) is 0.880. The molecule has 0 unspecified atom stereocenters. The summed E-state index contributed by atoms with van der Waals surface area (Å²) in [5, 5.41) is 1.17. The molecule has 90 valence electrons. The van der Waals surface area contributed by atoms with Crippen molar-refractivity contribution in [3.05, 3.63) is 33.8 Å². The van der Waals surface area contributed by atoms with Gasteiger partial charge in [-0.1, -0.05) is 43.1 Å². The third-order valence-corrected chi connectivity index (χ3v) is 3.54. The highest BCUT2D eigenvalue weighted by molar-refractivity contribution is 6.42. The van der Waals surface area contributed by atoms with E-state index in [9.17, 15) is 0 Å². The van der Waals surface area contributed by atoms with E-state index in [4.69, 9.17) is 28.9 Å². The van der Waals surface area contributed by atoms with Crippen molar-refractivity contribution in [2.45, 2.75) is 19.9 Å². The number of hydrogen-bond donors (Lipinski definition) is 1. The molecule has 0 aliphatic carbocycles. The van der Waals surface area contributed by atoms with Gasteiger partial charge in [0.05, 0.1) is 10.0 Å². The molecular formula is C12H18Cl2N2. The molecule has 0 aliphatic heterocycles. The molecule has 1 atom stereocenters. The molecule has 16 heavy (non-hydrogen) atoms. The van der Waals surface area contributed by atoms with Crippen LogP contribution in [0.1, 0.15) is 25.5 Å². The molecule has 0 saturated carbocycles. The highest BCUT2D eigenvalue weighted by atomic mass is 35.5. The number of benzene rings is 1. The monoisotopic (exact) mass is 260 g/mol. The summed E-state index contributed by atoms with van der Waals surface area (Å²) in [5.41, 5.74) is 6.95. The molecule has 2 N–H and O–H groups in total. The third-order valence-electron chi connectivity index (χ3n) is 2.80. The number of rotatable bonds is 5. The average Bonchev–Trinajstić information content (AvgIpc) is 2.29. The van der Waals surface area contributed by atoms with Crippen LogP contribution in [0.3, 0.4) is 0 Å². The first-order valence-corrected chi connectivity index (χ1v) is 6.28. The molecule has 0 fully saturated rings. The van der Waals surface area contributed by atoms with Crippen LogP contribution in [0.25, 0.3) is 0 Å². The van der Waals surface area contributed by atoms with Gasteiger partial charge in [-0.2, -0.15) is 0 Å². The summed E-state index contributed by atoms with van der Waals surface area (Å²) in [6.45, 7) is 6.78. The fraction of sp³-hybridized carbons (Fsp3) is 0.500. The molecule has 0 heterocycles. The maximum Gasteiger partial charge on any atom is 0.0595 e. The predicted octanol–water partition coefficient (Wildman–Crippen LogP) is 3.34. The van der Waals surface area contributed by atoms with Gasteiger partial charge in [-0.15, -0.1) is 0 Å². The summed E-state index contributed by atoms with van der Waals surface area (Å²) in [6.07, 6.45) is 0. The molecule has 0 amide bonds. The van der Waals surface area contributed by atoms with Gasteiger partial charge in [0.25, 0.3) is 0 Å². The first-order chi connectivity index (χ1) is 7.63. The molecule has 1 rings (SSSR count). The zero-order valence-electron chi connectivity index (χ0n) is 9.71. The Hall–Kier alpha value is -0.280. The molecule has 0 aromatic heterocycles. The molecule has 0 saturated heterocycles. The van der Waals surface area contributed by atoms with Crippen LogP contribution in [0, 0.1) is 0 Å². The van der Waals surface area contributed by atoms with E-state index in [0.717, 1.165) is 18.7 Å². The van der Waals surface area contributed by atoms with Crippen LogP contribution < -0.4 is 5.73 Å². The van der Waals surface area contributed by atoms with Crippen LogP contribution in [0.5, 0.6) is 0 Å². The van der Waals surface area contributed by atoms with Gasteiger partial charge in [-0.25, -0.2) is 0 Å². The van der Waals surface area contributed by atoms with E-state index >= 15 is 0 Å². The minimum atomic E-state index is 0.213. The molecule has 0 spiro atoms. The summed E-state index contributed by atoms with van der Waals surface area (Å²) < 4.78 is 0. The van der Waals surface area contributed by atoms with Gasteiger partial charge < -0.3 is 5.73 Å². The Balaban J connectivity index is 2.98. The minimum absolute atomic E-state index is 0.213. The molecule has 2 nitrogen and oxygen atoms in total. The highest BCUT2D eigenvalue weighted by Crippen LogP contribution is 2.27. The van der Waals surface area contributed by atoms with Crippen molar-refractivity contribution in [3.63, 3.8) is 0 Å². The Kier molecular flexibility index (Phi) is 5.56. The normalized spacial score (nSPS) is 13.1. The van der Waals surface area contributed by atoms with Gasteiger partial charge in [-0.3, -0.25) is 4.90 Å². The van der Waals surface area contributed by atoms with E-state index in [1.807, 2.05) is 18.2 Å². The van der Waals surface area contributed by atoms with Crippen molar-refractivity contribution in [1.29, 1.82) is 0 Å². The third kappa shape index (κ3) is 3.11. The summed E-state index contributed by atoms with van der Waals surface area (Å²) in [6, 6.07) is 5.93. The standard InChI is InChI=1S/C12H18Cl2N2/c1-3-16(4-2)12(8-15)9-5-6-10(13)11(14)7-9/h5-7,12H,3-4,8,15H2,1-2H3/t12-/m1/s1. The number of halogens is 2. The summed E-state index contributed by atoms with van der Waals surface area (Å²) in [7, 11) is 0. The molecule has 0 radical (unpaired) electrons. The number of likely N-dealkylation sites (N-methyl/N-ethyl adjacent to an activating group) is 1. The maximum absolute atomic E-state index is 6.01. The predicted molar refractivity (Wildman–Crippen MR) is 71.2 cm³/mol. The van der Waals surface area contributed by atoms with Crippen molar-refractivity contribution >= 4 is 23.2 Å². The van der Waals surface area contributed by atoms with Crippen LogP contribution in [-0.2, 0) is 0 Å². The fourth-order valence-electron chi connectivity index (χ4n) is 1.88. The largest absolute Gasteiger partial charge is 0.329 e. The topological polar surface area (TPSA) is 29.3 Å². The lowest BCUT2D eigenvalue weighted by Gasteiger charge is -2.29. The molecule has 1 aromatic carbocycles. The van der Waals surface area contributed by atoms with E-state index < -0.39 is 0 Å². The maximum atomic E-state index is 6.01. The van der Waals surface area contributed by atoms with Crippen molar-refractivity contribution in [2.24, 2.45) is 5.73 Å². The van der Waals surface area contributed by atoms with Gasteiger partial charge in [-0.05, 0) is 30.8 Å². The lowest BCUT2D eigenvalue weighted by molar-refractivity contribution is 0.224. The van der Waals surface area contributed by atoms with E-state index in [1.54, 1.807) is 0 Å². The minimum Gasteiger partial charge on any atom is -0.329 e. The van der Waals surface area contributed by atoms with Gasteiger partial charge in [0.1, 0.15) is 0 Å². The van der Waals surface area contributed by atoms with Crippen LogP contribution in [0.15, 0.2) is 18.2 Å². The van der Waals surface area contributed by atoms with Crippen LogP contribution >= 0.6 is 23.2 Å². The Morgan fingerprint density at radius 1 is 1.19 bits per heavy atom. The SMILES string of the molecule is CCN(CC)[C@H](CN)c1ccc(Cl)c(Cl)c1. The smallest absolute Gasteiger partial charge is 0.0595 e. The van der Waals surface area contributed by atoms with Crippen LogP contribution in [0.4, 0.5) is 0 Å². The highest BCUT2D eigenvalue weighted by Gasteiger charge is 2.16. The molecule has 0 bridgehead atoms. The second-order valence-electron chi connectivity index (χ2n) is 3.65. The van der Waals surface area contributed by atoms with E-state index in [1.165, 1.54) is 0 Å². The lowest BCUT2D eigenvalue weighted by Crippen LogP contribution is -2.33. The molecule has 0 aliphatic rings. The number of nitrogens with zero attached hydrogens (tertiary/aromatic N) is 1.